The first-order chi connectivity index (χ1) is 13.0. The molecule has 3 aromatic rings. The van der Waals surface area contributed by atoms with Crippen molar-refractivity contribution in [1.82, 2.24) is 5.32 Å². The van der Waals surface area contributed by atoms with Crippen molar-refractivity contribution in [2.75, 3.05) is 0 Å². The molecule has 0 saturated carbocycles. The van der Waals surface area contributed by atoms with Gasteiger partial charge in [0.15, 0.2) is 0 Å². The molecule has 0 aliphatic carbocycles. The lowest BCUT2D eigenvalue weighted by Gasteiger charge is -2.18. The van der Waals surface area contributed by atoms with Gasteiger partial charge in [0.25, 0.3) is 5.91 Å². The summed E-state index contributed by atoms with van der Waals surface area (Å²) in [5.41, 5.74) is 5.10. The summed E-state index contributed by atoms with van der Waals surface area (Å²) in [4.78, 5) is 12.9. The van der Waals surface area contributed by atoms with Crippen LogP contribution < -0.4 is 10.1 Å². The number of benzene rings is 3. The number of rotatable bonds is 6. The number of carbonyl (C=O) groups excluding carboxylic acids is 1. The summed E-state index contributed by atoms with van der Waals surface area (Å²) in [5, 5.41) is 3.10. The van der Waals surface area contributed by atoms with Gasteiger partial charge in [-0.1, -0.05) is 66.2 Å². The van der Waals surface area contributed by atoms with Crippen molar-refractivity contribution in [3.05, 3.63) is 101 Å². The summed E-state index contributed by atoms with van der Waals surface area (Å²) in [5.74, 6) is 0.457. The zero-order chi connectivity index (χ0) is 19.2. The maximum Gasteiger partial charge on any atom is 0.255 e. The quantitative estimate of drug-likeness (QED) is 0.642. The second-order valence-electron chi connectivity index (χ2n) is 6.83. The highest BCUT2D eigenvalue weighted by molar-refractivity contribution is 5.97. The summed E-state index contributed by atoms with van der Waals surface area (Å²) in [7, 11) is 0. The molecule has 0 aromatic heterocycles. The zero-order valence-corrected chi connectivity index (χ0v) is 16.0. The Bertz CT molecular complexity index is 919. The highest BCUT2D eigenvalue weighted by atomic mass is 16.5. The van der Waals surface area contributed by atoms with Crippen LogP contribution in [0.1, 0.15) is 45.6 Å². The number of ether oxygens (including phenoxy) is 1. The molecule has 0 aliphatic heterocycles. The molecule has 1 atom stereocenters. The van der Waals surface area contributed by atoms with Crippen molar-refractivity contribution in [3.8, 4) is 5.75 Å². The predicted molar refractivity (Wildman–Crippen MR) is 109 cm³/mol. The molecule has 1 unspecified atom stereocenters. The molecule has 3 aromatic carbocycles. The van der Waals surface area contributed by atoms with Crippen LogP contribution in [0.15, 0.2) is 72.8 Å². The van der Waals surface area contributed by atoms with E-state index in [1.54, 1.807) is 6.07 Å². The Hall–Kier alpha value is -3.07. The van der Waals surface area contributed by atoms with Crippen LogP contribution in [0.2, 0.25) is 0 Å². The predicted octanol–water partition coefficient (Wildman–Crippen LogP) is 5.37. The molecule has 27 heavy (non-hydrogen) atoms. The monoisotopic (exact) mass is 359 g/mol. The molecule has 1 amide bonds. The minimum absolute atomic E-state index is 0.0837. The Balaban J connectivity index is 1.74. The average Bonchev–Trinajstić information content (AvgIpc) is 2.69. The van der Waals surface area contributed by atoms with Gasteiger partial charge in [-0.05, 0) is 49.6 Å². The smallest absolute Gasteiger partial charge is 0.255 e. The Morgan fingerprint density at radius 1 is 0.963 bits per heavy atom. The fourth-order valence-corrected chi connectivity index (χ4v) is 3.09. The van der Waals surface area contributed by atoms with Gasteiger partial charge in [-0.15, -0.1) is 0 Å². The summed E-state index contributed by atoms with van der Waals surface area (Å²) < 4.78 is 5.91. The largest absolute Gasteiger partial charge is 0.488 e. The van der Waals surface area contributed by atoms with Gasteiger partial charge in [0.1, 0.15) is 12.4 Å². The topological polar surface area (TPSA) is 38.3 Å². The molecule has 0 heterocycles. The Morgan fingerprint density at radius 3 is 2.44 bits per heavy atom. The summed E-state index contributed by atoms with van der Waals surface area (Å²) in [6.45, 7) is 6.56. The third kappa shape index (κ3) is 4.76. The van der Waals surface area contributed by atoms with Crippen LogP contribution >= 0.6 is 0 Å². The first kappa shape index (κ1) is 18.7. The molecule has 0 fully saturated rings. The molecular weight excluding hydrogens is 334 g/mol. The second-order valence-corrected chi connectivity index (χ2v) is 6.83. The Kier molecular flexibility index (Phi) is 5.92. The minimum Gasteiger partial charge on any atom is -0.488 e. The molecule has 0 radical (unpaired) electrons. The number of amides is 1. The van der Waals surface area contributed by atoms with E-state index in [1.807, 2.05) is 55.5 Å². The highest BCUT2D eigenvalue weighted by Crippen LogP contribution is 2.23. The lowest BCUT2D eigenvalue weighted by atomic mass is 9.99. The second kappa shape index (κ2) is 8.54. The number of para-hydroxylation sites is 1. The van der Waals surface area contributed by atoms with Crippen molar-refractivity contribution in [2.24, 2.45) is 0 Å². The van der Waals surface area contributed by atoms with E-state index in [4.69, 9.17) is 4.74 Å². The molecule has 3 nitrogen and oxygen atoms in total. The molecule has 0 saturated heterocycles. The molecule has 1 N–H and O–H groups in total. The third-order valence-electron chi connectivity index (χ3n) is 4.62. The highest BCUT2D eigenvalue weighted by Gasteiger charge is 2.16. The number of hydrogen-bond donors (Lipinski definition) is 1. The number of hydrogen-bond acceptors (Lipinski definition) is 2. The van der Waals surface area contributed by atoms with E-state index in [9.17, 15) is 4.79 Å². The van der Waals surface area contributed by atoms with Gasteiger partial charge in [0.2, 0.25) is 0 Å². The van der Waals surface area contributed by atoms with Crippen LogP contribution in [0.5, 0.6) is 5.75 Å². The van der Waals surface area contributed by atoms with E-state index in [0.717, 1.165) is 11.1 Å². The average molecular weight is 359 g/mol. The van der Waals surface area contributed by atoms with Crippen molar-refractivity contribution >= 4 is 5.91 Å². The van der Waals surface area contributed by atoms with E-state index >= 15 is 0 Å². The summed E-state index contributed by atoms with van der Waals surface area (Å²) in [6.07, 6.45) is 0. The molecular formula is C24H25NO2. The van der Waals surface area contributed by atoms with E-state index in [1.165, 1.54) is 11.1 Å². The van der Waals surface area contributed by atoms with Gasteiger partial charge >= 0.3 is 0 Å². The zero-order valence-electron chi connectivity index (χ0n) is 16.0. The standard InChI is InChI=1S/C24H25NO2/c1-17-13-14-18(2)22(15-17)19(3)25-24(26)21-11-7-8-12-23(21)27-16-20-9-5-4-6-10-20/h4-15,19H,16H2,1-3H3,(H,25,26). The molecule has 0 spiro atoms. The molecule has 3 rings (SSSR count). The lowest BCUT2D eigenvalue weighted by molar-refractivity contribution is 0.0935. The number of carbonyl (C=O) groups is 1. The summed E-state index contributed by atoms with van der Waals surface area (Å²) in [6, 6.07) is 23.5. The molecule has 0 aliphatic rings. The van der Waals surface area contributed by atoms with Crippen LogP contribution in [0.25, 0.3) is 0 Å². The molecule has 138 valence electrons. The first-order valence-electron chi connectivity index (χ1n) is 9.18. The van der Waals surface area contributed by atoms with Gasteiger partial charge in [0.05, 0.1) is 11.6 Å². The Morgan fingerprint density at radius 2 is 1.67 bits per heavy atom. The lowest BCUT2D eigenvalue weighted by Crippen LogP contribution is -2.27. The van der Waals surface area contributed by atoms with Crippen molar-refractivity contribution in [1.29, 1.82) is 0 Å². The van der Waals surface area contributed by atoms with Crippen LogP contribution in [-0.4, -0.2) is 5.91 Å². The van der Waals surface area contributed by atoms with Crippen molar-refractivity contribution in [3.63, 3.8) is 0 Å². The van der Waals surface area contributed by atoms with Gasteiger partial charge < -0.3 is 10.1 Å². The fraction of sp³-hybridized carbons (Fsp3) is 0.208. The fourth-order valence-electron chi connectivity index (χ4n) is 3.09. The number of nitrogens with one attached hydrogen (secondary N) is 1. The normalized spacial score (nSPS) is 11.7. The van der Waals surface area contributed by atoms with Crippen LogP contribution in [0.3, 0.4) is 0 Å². The van der Waals surface area contributed by atoms with Gasteiger partial charge in [-0.3, -0.25) is 4.79 Å². The van der Waals surface area contributed by atoms with Gasteiger partial charge in [-0.2, -0.15) is 0 Å². The van der Waals surface area contributed by atoms with Crippen LogP contribution in [0.4, 0.5) is 0 Å². The molecule has 0 bridgehead atoms. The van der Waals surface area contributed by atoms with Crippen LogP contribution in [-0.2, 0) is 6.61 Å². The van der Waals surface area contributed by atoms with E-state index < -0.39 is 0 Å². The van der Waals surface area contributed by atoms with Crippen molar-refractivity contribution < 1.29 is 9.53 Å². The maximum absolute atomic E-state index is 12.9. The first-order valence-corrected chi connectivity index (χ1v) is 9.18. The van der Waals surface area contributed by atoms with Crippen molar-refractivity contribution in [2.45, 2.75) is 33.4 Å². The SMILES string of the molecule is Cc1ccc(C)c(C(C)NC(=O)c2ccccc2OCc2ccccc2)c1. The van der Waals surface area contributed by atoms with Gasteiger partial charge in [0, 0.05) is 0 Å². The third-order valence-corrected chi connectivity index (χ3v) is 4.62. The Labute approximate surface area is 161 Å². The number of aryl methyl sites for hydroxylation is 2. The van der Waals surface area contributed by atoms with E-state index in [-0.39, 0.29) is 11.9 Å². The van der Waals surface area contributed by atoms with Crippen LogP contribution in [0, 0.1) is 13.8 Å². The van der Waals surface area contributed by atoms with E-state index in [2.05, 4.69) is 37.4 Å². The maximum atomic E-state index is 12.9. The minimum atomic E-state index is -0.132. The molecule has 3 heteroatoms. The summed E-state index contributed by atoms with van der Waals surface area (Å²) >= 11 is 0. The van der Waals surface area contributed by atoms with Gasteiger partial charge in [-0.25, -0.2) is 0 Å². The van der Waals surface area contributed by atoms with E-state index in [0.29, 0.717) is 17.9 Å².